The number of ether oxygens (including phenoxy) is 1. The minimum atomic E-state index is -0.204. The van der Waals surface area contributed by atoms with Gasteiger partial charge in [0.25, 0.3) is 5.91 Å². The smallest absolute Gasteiger partial charge is 0.262 e. The molecule has 4 aromatic rings. The monoisotopic (exact) mass is 435 g/mol. The predicted molar refractivity (Wildman–Crippen MR) is 123 cm³/mol. The Bertz CT molecular complexity index is 1170. The lowest BCUT2D eigenvalue weighted by atomic mass is 9.99. The molecule has 1 amide bonds. The van der Waals surface area contributed by atoms with Crippen LogP contribution in [0.1, 0.15) is 44.5 Å². The third-order valence-corrected chi connectivity index (χ3v) is 6.17. The van der Waals surface area contributed by atoms with Gasteiger partial charge in [0.15, 0.2) is 12.4 Å². The van der Waals surface area contributed by atoms with E-state index in [-0.39, 0.29) is 12.5 Å². The van der Waals surface area contributed by atoms with Crippen molar-refractivity contribution in [3.63, 3.8) is 0 Å². The fourth-order valence-electron chi connectivity index (χ4n) is 3.16. The molecule has 2 aromatic heterocycles. The second kappa shape index (κ2) is 9.26. The van der Waals surface area contributed by atoms with Crippen molar-refractivity contribution < 1.29 is 9.53 Å². The van der Waals surface area contributed by atoms with Crippen molar-refractivity contribution in [3.05, 3.63) is 59.9 Å². The first kappa shape index (κ1) is 21.0. The Morgan fingerprint density at radius 3 is 2.52 bits per heavy atom. The Morgan fingerprint density at radius 2 is 1.84 bits per heavy atom. The molecule has 160 valence electrons. The molecule has 0 aliphatic carbocycles. The Morgan fingerprint density at radius 1 is 1.10 bits per heavy atom. The molecule has 0 aliphatic rings. The van der Waals surface area contributed by atoms with Gasteiger partial charge in [-0.1, -0.05) is 44.2 Å². The fraction of sp³-hybridized carbons (Fsp3) is 0.304. The van der Waals surface area contributed by atoms with Crippen LogP contribution in [0.15, 0.2) is 48.5 Å². The molecule has 2 aromatic carbocycles. The molecule has 8 heteroatoms. The lowest BCUT2D eigenvalue weighted by molar-refractivity contribution is -0.118. The number of anilines is 1. The van der Waals surface area contributed by atoms with Gasteiger partial charge in [-0.05, 0) is 54.3 Å². The summed E-state index contributed by atoms with van der Waals surface area (Å²) >= 11 is 1.49. The standard InChI is InChI=1S/C23H25N5O2S/c1-4-15(3)16-8-12-19(13-9-16)30-14-21(29)24-18-10-6-17(7-11-18)22-27-28-20(5-2)25-26-23(28)31-22/h6-13,15H,4-5,14H2,1-3H3,(H,24,29). The van der Waals surface area contributed by atoms with Crippen molar-refractivity contribution in [2.24, 2.45) is 0 Å². The minimum absolute atomic E-state index is 0.0408. The molecular weight excluding hydrogens is 410 g/mol. The van der Waals surface area contributed by atoms with Gasteiger partial charge in [-0.15, -0.1) is 10.2 Å². The lowest BCUT2D eigenvalue weighted by Gasteiger charge is -2.11. The molecule has 0 saturated heterocycles. The maximum Gasteiger partial charge on any atom is 0.262 e. The third kappa shape index (κ3) is 4.74. The molecule has 0 bridgehead atoms. The molecule has 7 nitrogen and oxygen atoms in total. The van der Waals surface area contributed by atoms with Crippen LogP contribution in [0, 0.1) is 0 Å². The van der Waals surface area contributed by atoms with E-state index in [1.54, 1.807) is 4.52 Å². The number of carbonyl (C=O) groups is 1. The van der Waals surface area contributed by atoms with E-state index in [1.165, 1.54) is 16.9 Å². The lowest BCUT2D eigenvalue weighted by Crippen LogP contribution is -2.20. The van der Waals surface area contributed by atoms with Gasteiger partial charge >= 0.3 is 0 Å². The molecule has 1 N–H and O–H groups in total. The van der Waals surface area contributed by atoms with Crippen LogP contribution in [0.2, 0.25) is 0 Å². The van der Waals surface area contributed by atoms with Gasteiger partial charge in [-0.2, -0.15) is 9.61 Å². The van der Waals surface area contributed by atoms with Gasteiger partial charge in [0.1, 0.15) is 10.8 Å². The quantitative estimate of drug-likeness (QED) is 0.424. The number of rotatable bonds is 8. The molecule has 4 rings (SSSR count). The zero-order valence-corrected chi connectivity index (χ0v) is 18.6. The van der Waals surface area contributed by atoms with Crippen LogP contribution in [0.25, 0.3) is 15.5 Å². The van der Waals surface area contributed by atoms with Crippen molar-refractivity contribution in [1.82, 2.24) is 19.8 Å². The molecule has 0 spiro atoms. The minimum Gasteiger partial charge on any atom is -0.484 e. The Labute approximate surface area is 185 Å². The zero-order valence-electron chi connectivity index (χ0n) is 17.8. The van der Waals surface area contributed by atoms with Crippen LogP contribution >= 0.6 is 11.3 Å². The largest absolute Gasteiger partial charge is 0.484 e. The number of benzene rings is 2. The van der Waals surface area contributed by atoms with Crippen molar-refractivity contribution in [2.45, 2.75) is 39.5 Å². The van der Waals surface area contributed by atoms with E-state index in [1.807, 2.05) is 43.3 Å². The van der Waals surface area contributed by atoms with E-state index < -0.39 is 0 Å². The van der Waals surface area contributed by atoms with Gasteiger partial charge in [-0.3, -0.25) is 4.79 Å². The summed E-state index contributed by atoms with van der Waals surface area (Å²) in [7, 11) is 0. The van der Waals surface area contributed by atoms with Crippen LogP contribution in [0.4, 0.5) is 5.69 Å². The average molecular weight is 436 g/mol. The van der Waals surface area contributed by atoms with E-state index in [0.29, 0.717) is 17.4 Å². The summed E-state index contributed by atoms with van der Waals surface area (Å²) in [5.74, 6) is 1.84. The molecule has 0 aliphatic heterocycles. The van der Waals surface area contributed by atoms with Gasteiger partial charge in [0.05, 0.1) is 0 Å². The molecule has 2 heterocycles. The van der Waals surface area contributed by atoms with Crippen molar-refractivity contribution in [1.29, 1.82) is 0 Å². The first-order valence-electron chi connectivity index (χ1n) is 10.4. The van der Waals surface area contributed by atoms with Crippen molar-refractivity contribution in [3.8, 4) is 16.3 Å². The predicted octanol–water partition coefficient (Wildman–Crippen LogP) is 4.95. The third-order valence-electron chi connectivity index (χ3n) is 5.22. The summed E-state index contributed by atoms with van der Waals surface area (Å²) in [6, 6.07) is 15.5. The van der Waals surface area contributed by atoms with Crippen molar-refractivity contribution >= 4 is 27.9 Å². The number of nitrogens with one attached hydrogen (secondary N) is 1. The number of amides is 1. The van der Waals surface area contributed by atoms with E-state index in [4.69, 9.17) is 4.74 Å². The van der Waals surface area contributed by atoms with Crippen LogP contribution < -0.4 is 10.1 Å². The van der Waals surface area contributed by atoms with Gasteiger partial charge < -0.3 is 10.1 Å². The van der Waals surface area contributed by atoms with E-state index in [0.717, 1.165) is 34.2 Å². The molecule has 0 radical (unpaired) electrons. The van der Waals surface area contributed by atoms with Gasteiger partial charge in [0, 0.05) is 17.7 Å². The second-order valence-electron chi connectivity index (χ2n) is 7.36. The van der Waals surface area contributed by atoms with Gasteiger partial charge in [-0.25, -0.2) is 0 Å². The van der Waals surface area contributed by atoms with Crippen LogP contribution in [-0.2, 0) is 11.2 Å². The topological polar surface area (TPSA) is 81.4 Å². The molecular formula is C23H25N5O2S. The Hall–Kier alpha value is -3.26. The fourth-order valence-corrected chi connectivity index (χ4v) is 4.03. The van der Waals surface area contributed by atoms with Crippen LogP contribution in [0.5, 0.6) is 5.75 Å². The highest BCUT2D eigenvalue weighted by Gasteiger charge is 2.12. The number of hydrogen-bond donors (Lipinski definition) is 1. The highest BCUT2D eigenvalue weighted by molar-refractivity contribution is 7.19. The first-order chi connectivity index (χ1) is 15.1. The van der Waals surface area contributed by atoms with Crippen molar-refractivity contribution in [2.75, 3.05) is 11.9 Å². The highest BCUT2D eigenvalue weighted by Crippen LogP contribution is 2.27. The van der Waals surface area contributed by atoms with E-state index in [9.17, 15) is 4.79 Å². The van der Waals surface area contributed by atoms with Crippen LogP contribution in [-0.4, -0.2) is 32.3 Å². The number of nitrogens with zero attached hydrogens (tertiary/aromatic N) is 4. The number of aryl methyl sites for hydroxylation is 1. The molecule has 31 heavy (non-hydrogen) atoms. The summed E-state index contributed by atoms with van der Waals surface area (Å²) < 4.78 is 7.39. The average Bonchev–Trinajstić information content (AvgIpc) is 3.39. The van der Waals surface area contributed by atoms with Gasteiger partial charge in [0.2, 0.25) is 4.96 Å². The van der Waals surface area contributed by atoms with Crippen LogP contribution in [0.3, 0.4) is 0 Å². The number of carbonyl (C=O) groups excluding carboxylic acids is 1. The Kier molecular flexibility index (Phi) is 6.27. The molecule has 0 fully saturated rings. The maximum absolute atomic E-state index is 12.3. The summed E-state index contributed by atoms with van der Waals surface area (Å²) in [6.07, 6.45) is 1.87. The number of hydrogen-bond acceptors (Lipinski definition) is 6. The molecule has 1 atom stereocenters. The zero-order chi connectivity index (χ0) is 21.8. The summed E-state index contributed by atoms with van der Waals surface area (Å²) in [5.41, 5.74) is 2.95. The molecule has 0 saturated carbocycles. The van der Waals surface area contributed by atoms with E-state index >= 15 is 0 Å². The summed E-state index contributed by atoms with van der Waals surface area (Å²) in [6.45, 7) is 6.35. The molecule has 1 unspecified atom stereocenters. The summed E-state index contributed by atoms with van der Waals surface area (Å²) in [4.78, 5) is 13.0. The van der Waals surface area contributed by atoms with E-state index in [2.05, 4.69) is 46.6 Å². The SMILES string of the molecule is CCc1nnc2sc(-c3ccc(NC(=O)COc4ccc(C(C)CC)cc4)cc3)nn12. The maximum atomic E-state index is 12.3. The second-order valence-corrected chi connectivity index (χ2v) is 8.32. The summed E-state index contributed by atoms with van der Waals surface area (Å²) in [5, 5.41) is 16.6. The normalized spacial score (nSPS) is 12.1. The number of fused-ring (bicyclic) bond motifs is 1. The Balaban J connectivity index is 1.33. The first-order valence-corrected chi connectivity index (χ1v) is 11.2. The highest BCUT2D eigenvalue weighted by atomic mass is 32.1. The number of aromatic nitrogens is 4.